The molecule has 1 aromatic heterocycles. The summed E-state index contributed by atoms with van der Waals surface area (Å²) >= 11 is 12.9. The van der Waals surface area contributed by atoms with Crippen LogP contribution in [0.2, 0.25) is 10.2 Å². The number of amides is 1. The number of thioether (sulfide) groups is 1. The highest BCUT2D eigenvalue weighted by Gasteiger charge is 2.21. The van der Waals surface area contributed by atoms with Gasteiger partial charge in [0.25, 0.3) is 5.91 Å². The van der Waals surface area contributed by atoms with Crippen LogP contribution in [0.4, 0.5) is 0 Å². The molecule has 0 aliphatic rings. The normalized spacial score (nSPS) is 12.2. The number of aromatic amines is 1. The first kappa shape index (κ1) is 15.2. The van der Waals surface area contributed by atoms with Gasteiger partial charge >= 0.3 is 5.97 Å². The third kappa shape index (κ3) is 4.12. The standard InChI is InChI=1S/C10H12Cl2N2O3S/c1-18-3-2-6(10(16)17)14-9(15)7-4-5(11)8(12)13-7/h4,6,13H,2-3H2,1H3,(H,14,15)(H,16,17)/t6-/m1/s1. The molecule has 1 aromatic rings. The molecule has 0 aromatic carbocycles. The number of carbonyl (C=O) groups is 2. The molecule has 5 nitrogen and oxygen atoms in total. The van der Waals surface area contributed by atoms with E-state index in [0.717, 1.165) is 0 Å². The third-order valence-electron chi connectivity index (χ3n) is 2.18. The van der Waals surface area contributed by atoms with E-state index in [4.69, 9.17) is 28.3 Å². The van der Waals surface area contributed by atoms with Gasteiger partial charge < -0.3 is 15.4 Å². The van der Waals surface area contributed by atoms with Gasteiger partial charge in [-0.05, 0) is 24.5 Å². The summed E-state index contributed by atoms with van der Waals surface area (Å²) in [5.74, 6) is -0.970. The number of aromatic nitrogens is 1. The first-order valence-electron chi connectivity index (χ1n) is 5.02. The molecule has 8 heteroatoms. The summed E-state index contributed by atoms with van der Waals surface area (Å²) in [6.07, 6.45) is 2.22. The summed E-state index contributed by atoms with van der Waals surface area (Å²) in [6, 6.07) is 0.429. The van der Waals surface area contributed by atoms with E-state index in [1.807, 2.05) is 6.26 Å². The summed E-state index contributed by atoms with van der Waals surface area (Å²) in [4.78, 5) is 25.3. The van der Waals surface area contributed by atoms with Crippen LogP contribution in [0.25, 0.3) is 0 Å². The fraction of sp³-hybridized carbons (Fsp3) is 0.400. The Labute approximate surface area is 118 Å². The predicted molar refractivity (Wildman–Crippen MR) is 72.7 cm³/mol. The van der Waals surface area contributed by atoms with Crippen LogP contribution in [-0.2, 0) is 4.79 Å². The first-order chi connectivity index (χ1) is 8.45. The number of halogens is 2. The molecule has 0 spiro atoms. The smallest absolute Gasteiger partial charge is 0.326 e. The second-order valence-electron chi connectivity index (χ2n) is 3.49. The zero-order chi connectivity index (χ0) is 13.7. The van der Waals surface area contributed by atoms with Crippen molar-refractivity contribution in [2.75, 3.05) is 12.0 Å². The van der Waals surface area contributed by atoms with Crippen LogP contribution in [-0.4, -0.2) is 40.0 Å². The molecule has 1 atom stereocenters. The molecule has 18 heavy (non-hydrogen) atoms. The zero-order valence-electron chi connectivity index (χ0n) is 9.50. The quantitative estimate of drug-likeness (QED) is 0.752. The van der Waals surface area contributed by atoms with Gasteiger partial charge in [-0.2, -0.15) is 11.8 Å². The van der Waals surface area contributed by atoms with Gasteiger partial charge in [0.05, 0.1) is 5.02 Å². The second-order valence-corrected chi connectivity index (χ2v) is 5.26. The zero-order valence-corrected chi connectivity index (χ0v) is 11.8. The van der Waals surface area contributed by atoms with Crippen molar-refractivity contribution >= 4 is 46.8 Å². The predicted octanol–water partition coefficient (Wildman–Crippen LogP) is 2.26. The van der Waals surface area contributed by atoms with Gasteiger partial charge in [0.2, 0.25) is 0 Å². The van der Waals surface area contributed by atoms with Crippen molar-refractivity contribution in [3.05, 3.63) is 21.9 Å². The molecule has 0 radical (unpaired) electrons. The molecule has 1 rings (SSSR count). The van der Waals surface area contributed by atoms with E-state index in [1.165, 1.54) is 17.8 Å². The molecule has 0 fully saturated rings. The van der Waals surface area contributed by atoms with Crippen molar-refractivity contribution in [2.45, 2.75) is 12.5 Å². The number of aliphatic carboxylic acids is 1. The molecule has 100 valence electrons. The van der Waals surface area contributed by atoms with Crippen LogP contribution in [0.3, 0.4) is 0 Å². The maximum Gasteiger partial charge on any atom is 0.326 e. The Bertz CT molecular complexity index is 431. The van der Waals surface area contributed by atoms with E-state index in [1.54, 1.807) is 0 Å². The van der Waals surface area contributed by atoms with Gasteiger partial charge in [-0.25, -0.2) is 4.79 Å². The maximum absolute atomic E-state index is 11.8. The van der Waals surface area contributed by atoms with Gasteiger partial charge in [-0.1, -0.05) is 23.2 Å². The highest BCUT2D eigenvalue weighted by Crippen LogP contribution is 2.21. The lowest BCUT2D eigenvalue weighted by Gasteiger charge is -2.13. The molecule has 0 unspecified atom stereocenters. The van der Waals surface area contributed by atoms with Crippen LogP contribution >= 0.6 is 35.0 Å². The fourth-order valence-electron chi connectivity index (χ4n) is 1.26. The Morgan fingerprint density at radius 2 is 2.22 bits per heavy atom. The van der Waals surface area contributed by atoms with Gasteiger partial charge in [-0.3, -0.25) is 4.79 Å². The lowest BCUT2D eigenvalue weighted by atomic mass is 10.2. The molecule has 0 saturated heterocycles. The lowest BCUT2D eigenvalue weighted by molar-refractivity contribution is -0.139. The molecular formula is C10H12Cl2N2O3S. The number of carbonyl (C=O) groups excluding carboxylic acids is 1. The average Bonchev–Trinajstić information content (AvgIpc) is 2.64. The number of rotatable bonds is 6. The number of carboxylic acids is 1. The van der Waals surface area contributed by atoms with Gasteiger partial charge in [0, 0.05) is 0 Å². The second kappa shape index (κ2) is 6.92. The Morgan fingerprint density at radius 3 is 2.67 bits per heavy atom. The van der Waals surface area contributed by atoms with E-state index in [9.17, 15) is 9.59 Å². The van der Waals surface area contributed by atoms with Crippen molar-refractivity contribution in [1.29, 1.82) is 0 Å². The largest absolute Gasteiger partial charge is 0.480 e. The fourth-order valence-corrected chi connectivity index (χ4v) is 2.04. The number of carboxylic acid groups (broad SMARTS) is 1. The molecule has 0 saturated carbocycles. The summed E-state index contributed by atoms with van der Waals surface area (Å²) < 4.78 is 0. The van der Waals surface area contributed by atoms with Crippen LogP contribution in [0.15, 0.2) is 6.07 Å². The Kier molecular flexibility index (Phi) is 5.84. The van der Waals surface area contributed by atoms with Crippen molar-refractivity contribution in [1.82, 2.24) is 10.3 Å². The first-order valence-corrected chi connectivity index (χ1v) is 7.17. The maximum atomic E-state index is 11.8. The Morgan fingerprint density at radius 1 is 1.56 bits per heavy atom. The summed E-state index contributed by atoms with van der Waals surface area (Å²) in [6.45, 7) is 0. The average molecular weight is 311 g/mol. The Balaban J connectivity index is 2.69. The van der Waals surface area contributed by atoms with E-state index < -0.39 is 17.9 Å². The summed E-state index contributed by atoms with van der Waals surface area (Å²) in [5.41, 5.74) is 0.139. The van der Waals surface area contributed by atoms with Crippen LogP contribution in [0.5, 0.6) is 0 Å². The van der Waals surface area contributed by atoms with E-state index in [-0.39, 0.29) is 15.9 Å². The van der Waals surface area contributed by atoms with Crippen molar-refractivity contribution in [3.8, 4) is 0 Å². The van der Waals surface area contributed by atoms with E-state index in [0.29, 0.717) is 12.2 Å². The lowest BCUT2D eigenvalue weighted by Crippen LogP contribution is -2.41. The monoisotopic (exact) mass is 310 g/mol. The topological polar surface area (TPSA) is 82.2 Å². The van der Waals surface area contributed by atoms with E-state index >= 15 is 0 Å². The van der Waals surface area contributed by atoms with Crippen molar-refractivity contribution in [2.24, 2.45) is 0 Å². The summed E-state index contributed by atoms with van der Waals surface area (Å²) in [5, 5.41) is 11.7. The third-order valence-corrected chi connectivity index (χ3v) is 3.52. The molecular weight excluding hydrogens is 299 g/mol. The summed E-state index contributed by atoms with van der Waals surface area (Å²) in [7, 11) is 0. The van der Waals surface area contributed by atoms with Crippen molar-refractivity contribution in [3.63, 3.8) is 0 Å². The van der Waals surface area contributed by atoms with Gasteiger partial charge in [-0.15, -0.1) is 0 Å². The SMILES string of the molecule is CSCC[C@@H](NC(=O)c1cc(Cl)c(Cl)[nH]1)C(=O)O. The highest BCUT2D eigenvalue weighted by molar-refractivity contribution is 7.98. The molecule has 1 heterocycles. The molecule has 0 bridgehead atoms. The van der Waals surface area contributed by atoms with Crippen molar-refractivity contribution < 1.29 is 14.7 Å². The van der Waals surface area contributed by atoms with Gasteiger partial charge in [0.1, 0.15) is 16.9 Å². The molecule has 3 N–H and O–H groups in total. The number of nitrogens with one attached hydrogen (secondary N) is 2. The minimum Gasteiger partial charge on any atom is -0.480 e. The number of hydrogen-bond acceptors (Lipinski definition) is 3. The van der Waals surface area contributed by atoms with Crippen LogP contribution in [0, 0.1) is 0 Å². The van der Waals surface area contributed by atoms with Crippen LogP contribution in [0.1, 0.15) is 16.9 Å². The van der Waals surface area contributed by atoms with Crippen LogP contribution < -0.4 is 5.32 Å². The van der Waals surface area contributed by atoms with Gasteiger partial charge in [0.15, 0.2) is 0 Å². The highest BCUT2D eigenvalue weighted by atomic mass is 35.5. The Hall–Kier alpha value is -0.850. The van der Waals surface area contributed by atoms with E-state index in [2.05, 4.69) is 10.3 Å². The molecule has 0 aliphatic heterocycles. The molecule has 0 aliphatic carbocycles. The minimum atomic E-state index is -1.07. The molecule has 1 amide bonds. The number of H-pyrrole nitrogens is 1. The minimum absolute atomic E-state index is 0.139. The number of hydrogen-bond donors (Lipinski definition) is 3.